The van der Waals surface area contributed by atoms with Gasteiger partial charge in [0.15, 0.2) is 0 Å². The van der Waals surface area contributed by atoms with Crippen LogP contribution < -0.4 is 5.73 Å². The second-order valence-electron chi connectivity index (χ2n) is 7.19. The van der Waals surface area contributed by atoms with Gasteiger partial charge in [0.05, 0.1) is 18.6 Å². The molecule has 0 saturated heterocycles. The topological polar surface area (TPSA) is 69.4 Å². The van der Waals surface area contributed by atoms with Gasteiger partial charge in [-0.2, -0.15) is 0 Å². The minimum Gasteiger partial charge on any atom is -0.374 e. The molecule has 20 heavy (non-hydrogen) atoms. The second-order valence-corrected chi connectivity index (χ2v) is 7.19. The predicted octanol–water partition coefficient (Wildman–Crippen LogP) is 3.08. The number of carbonyl (C=O) groups is 2. The number of hydrogen-bond acceptors (Lipinski definition) is 3. The Balaban J connectivity index is 4.38. The van der Waals surface area contributed by atoms with E-state index in [1.807, 2.05) is 34.6 Å². The van der Waals surface area contributed by atoms with Gasteiger partial charge in [-0.15, -0.1) is 0 Å². The lowest BCUT2D eigenvalue weighted by atomic mass is 9.83. The Morgan fingerprint density at radius 1 is 1.15 bits per heavy atom. The SMILES string of the molecule is CCCC(C)C(=O)CC(C)(C)COC(C)(C)CC(N)=O. The van der Waals surface area contributed by atoms with Crippen molar-refractivity contribution in [2.75, 3.05) is 6.61 Å². The van der Waals surface area contributed by atoms with Gasteiger partial charge < -0.3 is 10.5 Å². The summed E-state index contributed by atoms with van der Waals surface area (Å²) in [6.45, 7) is 12.2. The molecule has 0 fully saturated rings. The van der Waals surface area contributed by atoms with Crippen molar-refractivity contribution in [1.29, 1.82) is 0 Å². The monoisotopic (exact) mass is 285 g/mol. The number of ketones is 1. The average Bonchev–Trinajstić information content (AvgIpc) is 2.25. The number of ether oxygens (including phenoxy) is 1. The van der Waals surface area contributed by atoms with Gasteiger partial charge in [-0.3, -0.25) is 9.59 Å². The summed E-state index contributed by atoms with van der Waals surface area (Å²) in [7, 11) is 0. The first-order chi connectivity index (χ1) is 8.99. The first-order valence-corrected chi connectivity index (χ1v) is 7.44. The van der Waals surface area contributed by atoms with Gasteiger partial charge in [-0.1, -0.05) is 34.1 Å². The van der Waals surface area contributed by atoms with Crippen LogP contribution in [-0.4, -0.2) is 23.9 Å². The molecule has 0 aliphatic heterocycles. The fourth-order valence-electron chi connectivity index (χ4n) is 2.15. The molecule has 0 aromatic rings. The summed E-state index contributed by atoms with van der Waals surface area (Å²) >= 11 is 0. The van der Waals surface area contributed by atoms with Crippen molar-refractivity contribution in [2.24, 2.45) is 17.1 Å². The summed E-state index contributed by atoms with van der Waals surface area (Å²) in [4.78, 5) is 23.1. The van der Waals surface area contributed by atoms with E-state index in [-0.39, 0.29) is 29.4 Å². The second kappa shape index (κ2) is 7.77. The Bertz CT molecular complexity index is 335. The molecule has 0 aromatic carbocycles. The van der Waals surface area contributed by atoms with Gasteiger partial charge in [0.2, 0.25) is 5.91 Å². The number of primary amides is 1. The first-order valence-electron chi connectivity index (χ1n) is 7.44. The number of amides is 1. The highest BCUT2D eigenvalue weighted by molar-refractivity contribution is 5.81. The Hall–Kier alpha value is -0.900. The standard InChI is InChI=1S/C16H31NO3/c1-7-8-12(2)13(18)9-15(3,4)11-20-16(5,6)10-14(17)19/h12H,7-11H2,1-6H3,(H2,17,19). The van der Waals surface area contributed by atoms with Crippen molar-refractivity contribution in [2.45, 2.75) is 72.8 Å². The molecule has 1 amide bonds. The molecule has 0 saturated carbocycles. The molecule has 4 nitrogen and oxygen atoms in total. The predicted molar refractivity (Wildman–Crippen MR) is 81.3 cm³/mol. The number of carbonyl (C=O) groups excluding carboxylic acids is 2. The van der Waals surface area contributed by atoms with E-state index in [0.29, 0.717) is 13.0 Å². The third-order valence-corrected chi connectivity index (χ3v) is 3.38. The lowest BCUT2D eigenvalue weighted by molar-refractivity contribution is -0.131. The maximum atomic E-state index is 12.1. The van der Waals surface area contributed by atoms with Crippen LogP contribution in [0.1, 0.15) is 67.2 Å². The maximum absolute atomic E-state index is 12.1. The van der Waals surface area contributed by atoms with E-state index in [1.54, 1.807) is 0 Å². The summed E-state index contributed by atoms with van der Waals surface area (Å²) in [5.41, 5.74) is 4.39. The molecule has 0 rings (SSSR count). The lowest BCUT2D eigenvalue weighted by Crippen LogP contribution is -2.36. The highest BCUT2D eigenvalue weighted by atomic mass is 16.5. The summed E-state index contributed by atoms with van der Waals surface area (Å²) in [6.07, 6.45) is 2.64. The number of Topliss-reactive ketones (excluding diaryl/α,β-unsaturated/α-hetero) is 1. The first kappa shape index (κ1) is 19.1. The minimum absolute atomic E-state index is 0.109. The number of hydrogen-bond donors (Lipinski definition) is 1. The van der Waals surface area contributed by atoms with Crippen molar-refractivity contribution >= 4 is 11.7 Å². The molecule has 0 aliphatic rings. The van der Waals surface area contributed by atoms with Crippen LogP contribution in [0.4, 0.5) is 0 Å². The van der Waals surface area contributed by atoms with Gasteiger partial charge >= 0.3 is 0 Å². The number of nitrogens with two attached hydrogens (primary N) is 1. The van der Waals surface area contributed by atoms with E-state index >= 15 is 0 Å². The Kier molecular flexibility index (Phi) is 7.42. The summed E-state index contributed by atoms with van der Waals surface area (Å²) < 4.78 is 5.79. The smallest absolute Gasteiger partial charge is 0.220 e. The molecule has 118 valence electrons. The molecule has 4 heteroatoms. The van der Waals surface area contributed by atoms with Gasteiger partial charge in [0.1, 0.15) is 5.78 Å². The van der Waals surface area contributed by atoms with Crippen molar-refractivity contribution in [3.63, 3.8) is 0 Å². The fourth-order valence-corrected chi connectivity index (χ4v) is 2.15. The van der Waals surface area contributed by atoms with Gasteiger partial charge in [0, 0.05) is 12.3 Å². The molecule has 0 heterocycles. The lowest BCUT2D eigenvalue weighted by Gasteiger charge is -2.31. The zero-order valence-corrected chi connectivity index (χ0v) is 13.9. The normalized spacial score (nSPS) is 14.1. The summed E-state index contributed by atoms with van der Waals surface area (Å²) in [5.74, 6) is 0.0199. The van der Waals surface area contributed by atoms with E-state index in [0.717, 1.165) is 12.8 Å². The van der Waals surface area contributed by atoms with Crippen LogP contribution in [-0.2, 0) is 14.3 Å². The van der Waals surface area contributed by atoms with Crippen LogP contribution in [0.25, 0.3) is 0 Å². The zero-order valence-electron chi connectivity index (χ0n) is 13.9. The van der Waals surface area contributed by atoms with Crippen molar-refractivity contribution in [3.8, 4) is 0 Å². The molecule has 0 aromatic heterocycles. The van der Waals surface area contributed by atoms with Crippen LogP contribution in [0.2, 0.25) is 0 Å². The molecule has 0 radical (unpaired) electrons. The maximum Gasteiger partial charge on any atom is 0.220 e. The van der Waals surface area contributed by atoms with Crippen LogP contribution in [0.15, 0.2) is 0 Å². The largest absolute Gasteiger partial charge is 0.374 e. The average molecular weight is 285 g/mol. The molecular formula is C16H31NO3. The molecule has 1 atom stereocenters. The van der Waals surface area contributed by atoms with Crippen LogP contribution in [0.3, 0.4) is 0 Å². The van der Waals surface area contributed by atoms with E-state index in [4.69, 9.17) is 10.5 Å². The quantitative estimate of drug-likeness (QED) is 0.670. The third kappa shape index (κ3) is 8.31. The van der Waals surface area contributed by atoms with Gasteiger partial charge in [-0.05, 0) is 25.7 Å². The third-order valence-electron chi connectivity index (χ3n) is 3.38. The van der Waals surface area contributed by atoms with E-state index in [1.165, 1.54) is 0 Å². The van der Waals surface area contributed by atoms with Crippen molar-refractivity contribution in [1.82, 2.24) is 0 Å². The van der Waals surface area contributed by atoms with Crippen LogP contribution in [0, 0.1) is 11.3 Å². The van der Waals surface area contributed by atoms with E-state index in [9.17, 15) is 9.59 Å². The summed E-state index contributed by atoms with van der Waals surface area (Å²) in [6, 6.07) is 0. The van der Waals surface area contributed by atoms with Gasteiger partial charge in [-0.25, -0.2) is 0 Å². The Morgan fingerprint density at radius 3 is 2.15 bits per heavy atom. The van der Waals surface area contributed by atoms with Crippen molar-refractivity contribution < 1.29 is 14.3 Å². The molecule has 2 N–H and O–H groups in total. The molecule has 0 spiro atoms. The fraction of sp³-hybridized carbons (Fsp3) is 0.875. The molecule has 0 bridgehead atoms. The summed E-state index contributed by atoms with van der Waals surface area (Å²) in [5, 5.41) is 0. The number of rotatable bonds is 10. The minimum atomic E-state index is -0.582. The zero-order chi connectivity index (χ0) is 16.0. The Morgan fingerprint density at radius 2 is 1.70 bits per heavy atom. The molecule has 0 aliphatic carbocycles. The van der Waals surface area contributed by atoms with Gasteiger partial charge in [0.25, 0.3) is 0 Å². The van der Waals surface area contributed by atoms with Crippen LogP contribution >= 0.6 is 0 Å². The van der Waals surface area contributed by atoms with E-state index in [2.05, 4.69) is 6.92 Å². The highest BCUT2D eigenvalue weighted by Gasteiger charge is 2.29. The van der Waals surface area contributed by atoms with E-state index < -0.39 is 5.60 Å². The highest BCUT2D eigenvalue weighted by Crippen LogP contribution is 2.27. The van der Waals surface area contributed by atoms with Crippen molar-refractivity contribution in [3.05, 3.63) is 0 Å². The molecular weight excluding hydrogens is 254 g/mol. The van der Waals surface area contributed by atoms with Crippen LogP contribution in [0.5, 0.6) is 0 Å². The Labute approximate surface area is 123 Å². The molecule has 1 unspecified atom stereocenters.